The smallest absolute Gasteiger partial charge is 0.251 e. The second kappa shape index (κ2) is 11.6. The van der Waals surface area contributed by atoms with E-state index in [-0.39, 0.29) is 5.91 Å². The summed E-state index contributed by atoms with van der Waals surface area (Å²) < 4.78 is 5.15. The normalized spacial score (nSPS) is 16.2. The molecule has 0 unspecified atom stereocenters. The third-order valence-electron chi connectivity index (χ3n) is 4.89. The summed E-state index contributed by atoms with van der Waals surface area (Å²) in [7, 11) is 5.20. The van der Waals surface area contributed by atoms with Crippen LogP contribution in [-0.2, 0) is 11.2 Å². The number of amides is 1. The molecule has 1 saturated heterocycles. The number of nitrogens with zero attached hydrogens (tertiary/aromatic N) is 2. The molecule has 0 aliphatic carbocycles. The van der Waals surface area contributed by atoms with Gasteiger partial charge in [0.2, 0.25) is 0 Å². The van der Waals surface area contributed by atoms with Crippen LogP contribution in [0.2, 0.25) is 0 Å². The van der Waals surface area contributed by atoms with Crippen molar-refractivity contribution in [3.05, 3.63) is 35.4 Å². The van der Waals surface area contributed by atoms with Crippen LogP contribution in [0.15, 0.2) is 29.3 Å². The van der Waals surface area contributed by atoms with Crippen molar-refractivity contribution in [2.45, 2.75) is 25.3 Å². The van der Waals surface area contributed by atoms with Crippen LogP contribution in [-0.4, -0.2) is 76.8 Å². The number of hydrogen-bond acceptors (Lipinski definition) is 4. The van der Waals surface area contributed by atoms with Crippen molar-refractivity contribution < 1.29 is 9.53 Å². The molecule has 0 radical (unpaired) electrons. The molecule has 1 aromatic carbocycles. The highest BCUT2D eigenvalue weighted by molar-refractivity contribution is 5.94. The second-order valence-corrected chi connectivity index (χ2v) is 6.78. The van der Waals surface area contributed by atoms with Gasteiger partial charge in [-0.2, -0.15) is 0 Å². The van der Waals surface area contributed by atoms with Crippen LogP contribution >= 0.6 is 0 Å². The summed E-state index contributed by atoms with van der Waals surface area (Å²) in [5, 5.41) is 9.56. The van der Waals surface area contributed by atoms with Gasteiger partial charge in [-0.25, -0.2) is 0 Å². The summed E-state index contributed by atoms with van der Waals surface area (Å²) in [5.41, 5.74) is 1.82. The molecule has 1 aliphatic heterocycles. The van der Waals surface area contributed by atoms with Crippen LogP contribution in [0.4, 0.5) is 0 Å². The van der Waals surface area contributed by atoms with Gasteiger partial charge in [-0.15, -0.1) is 0 Å². The van der Waals surface area contributed by atoms with Crippen LogP contribution in [0, 0.1) is 0 Å². The Hall–Kier alpha value is -2.12. The fourth-order valence-electron chi connectivity index (χ4n) is 3.25. The van der Waals surface area contributed by atoms with E-state index in [1.165, 1.54) is 0 Å². The quantitative estimate of drug-likeness (QED) is 0.464. The molecule has 7 nitrogen and oxygen atoms in total. The van der Waals surface area contributed by atoms with Crippen LogP contribution in [0.1, 0.15) is 28.8 Å². The maximum atomic E-state index is 11.7. The maximum Gasteiger partial charge on any atom is 0.251 e. The van der Waals surface area contributed by atoms with Gasteiger partial charge in [0.25, 0.3) is 5.91 Å². The Kier molecular flexibility index (Phi) is 9.07. The zero-order valence-electron chi connectivity index (χ0n) is 16.8. The molecule has 1 heterocycles. The van der Waals surface area contributed by atoms with Gasteiger partial charge in [0.15, 0.2) is 5.96 Å². The highest BCUT2D eigenvalue weighted by atomic mass is 16.5. The highest BCUT2D eigenvalue weighted by Crippen LogP contribution is 2.10. The summed E-state index contributed by atoms with van der Waals surface area (Å²) in [5.74, 6) is 0.784. The number of benzene rings is 1. The number of nitrogens with one attached hydrogen (secondary N) is 3. The number of rotatable bonds is 8. The number of hydrogen-bond donors (Lipinski definition) is 3. The molecule has 0 spiro atoms. The van der Waals surface area contributed by atoms with Crippen molar-refractivity contribution >= 4 is 11.9 Å². The molecule has 3 N–H and O–H groups in total. The topological polar surface area (TPSA) is 78.0 Å². The van der Waals surface area contributed by atoms with Gasteiger partial charge >= 0.3 is 0 Å². The van der Waals surface area contributed by atoms with E-state index < -0.39 is 0 Å². The second-order valence-electron chi connectivity index (χ2n) is 6.78. The first-order valence-corrected chi connectivity index (χ1v) is 9.65. The summed E-state index contributed by atoms with van der Waals surface area (Å²) in [4.78, 5) is 18.5. The van der Waals surface area contributed by atoms with Crippen LogP contribution in [0.25, 0.3) is 0 Å². The van der Waals surface area contributed by atoms with Gasteiger partial charge in [-0.3, -0.25) is 9.79 Å². The van der Waals surface area contributed by atoms with Crippen molar-refractivity contribution in [3.63, 3.8) is 0 Å². The summed E-state index contributed by atoms with van der Waals surface area (Å²) in [6, 6.07) is 8.18. The average Bonchev–Trinajstić information content (AvgIpc) is 2.72. The number of methoxy groups -OCH3 is 1. The molecule has 1 aromatic rings. The third-order valence-corrected chi connectivity index (χ3v) is 4.89. The van der Waals surface area contributed by atoms with E-state index in [4.69, 9.17) is 4.74 Å². The minimum absolute atomic E-state index is 0.0564. The molecule has 0 bridgehead atoms. The number of likely N-dealkylation sites (tertiary alicyclic amines) is 1. The molecule has 2 rings (SSSR count). The van der Waals surface area contributed by atoms with E-state index in [1.807, 2.05) is 24.3 Å². The molecule has 0 aromatic heterocycles. The molecule has 150 valence electrons. The first-order chi connectivity index (χ1) is 13.2. The Labute approximate surface area is 162 Å². The Bertz CT molecular complexity index is 612. The lowest BCUT2D eigenvalue weighted by molar-refractivity contribution is 0.0963. The molecule has 7 heteroatoms. The standard InChI is InChI=1S/C20H33N5O2/c1-21-19(26)17-6-4-5-16(15-17)7-10-23-20(22-2)24-18-8-11-25(12-9-18)13-14-27-3/h4-6,15,18H,7-14H2,1-3H3,(H,21,26)(H2,22,23,24). The van der Waals surface area contributed by atoms with Crippen molar-refractivity contribution in [3.8, 4) is 0 Å². The van der Waals surface area contributed by atoms with Crippen LogP contribution in [0.5, 0.6) is 0 Å². The van der Waals surface area contributed by atoms with E-state index in [0.717, 1.165) is 63.6 Å². The Morgan fingerprint density at radius 3 is 2.78 bits per heavy atom. The summed E-state index contributed by atoms with van der Waals surface area (Å²) >= 11 is 0. The minimum Gasteiger partial charge on any atom is -0.383 e. The van der Waals surface area contributed by atoms with E-state index in [2.05, 4.69) is 25.8 Å². The molecule has 0 saturated carbocycles. The maximum absolute atomic E-state index is 11.7. The molecular weight excluding hydrogens is 342 g/mol. The van der Waals surface area contributed by atoms with Crippen molar-refractivity contribution in [2.24, 2.45) is 4.99 Å². The Morgan fingerprint density at radius 1 is 1.33 bits per heavy atom. The monoisotopic (exact) mass is 375 g/mol. The van der Waals surface area contributed by atoms with Crippen molar-refractivity contribution in [1.29, 1.82) is 0 Å². The Balaban J connectivity index is 1.73. The van der Waals surface area contributed by atoms with E-state index in [1.54, 1.807) is 21.2 Å². The molecule has 1 aliphatic rings. The highest BCUT2D eigenvalue weighted by Gasteiger charge is 2.19. The fraction of sp³-hybridized carbons (Fsp3) is 0.600. The minimum atomic E-state index is -0.0564. The molecule has 1 fully saturated rings. The van der Waals surface area contributed by atoms with Gasteiger partial charge in [-0.1, -0.05) is 12.1 Å². The van der Waals surface area contributed by atoms with E-state index in [9.17, 15) is 4.79 Å². The van der Waals surface area contributed by atoms with Gasteiger partial charge in [0.05, 0.1) is 6.61 Å². The van der Waals surface area contributed by atoms with Gasteiger partial charge in [0.1, 0.15) is 0 Å². The van der Waals surface area contributed by atoms with Gasteiger partial charge in [0, 0.05) is 59.0 Å². The van der Waals surface area contributed by atoms with Crippen LogP contribution < -0.4 is 16.0 Å². The van der Waals surface area contributed by atoms with E-state index >= 15 is 0 Å². The number of ether oxygens (including phenoxy) is 1. The van der Waals surface area contributed by atoms with Gasteiger partial charge < -0.3 is 25.6 Å². The van der Waals surface area contributed by atoms with E-state index in [0.29, 0.717) is 11.6 Å². The lowest BCUT2D eigenvalue weighted by Gasteiger charge is -2.32. The largest absolute Gasteiger partial charge is 0.383 e. The molecule has 27 heavy (non-hydrogen) atoms. The summed E-state index contributed by atoms with van der Waals surface area (Å²) in [6.07, 6.45) is 3.05. The molecule has 0 atom stereocenters. The zero-order chi connectivity index (χ0) is 19.5. The van der Waals surface area contributed by atoms with Crippen LogP contribution in [0.3, 0.4) is 0 Å². The number of guanidine groups is 1. The average molecular weight is 376 g/mol. The molecular formula is C20H33N5O2. The zero-order valence-corrected chi connectivity index (χ0v) is 16.8. The number of carbonyl (C=O) groups excluding carboxylic acids is 1. The number of aliphatic imine (C=N–C) groups is 1. The lowest BCUT2D eigenvalue weighted by atomic mass is 10.1. The number of piperidine rings is 1. The third kappa shape index (κ3) is 7.19. The fourth-order valence-corrected chi connectivity index (χ4v) is 3.25. The predicted molar refractivity (Wildman–Crippen MR) is 109 cm³/mol. The lowest BCUT2D eigenvalue weighted by Crippen LogP contribution is -2.49. The Morgan fingerprint density at radius 2 is 2.11 bits per heavy atom. The van der Waals surface area contributed by atoms with Crippen molar-refractivity contribution in [2.75, 3.05) is 54.0 Å². The van der Waals surface area contributed by atoms with Crippen molar-refractivity contribution in [1.82, 2.24) is 20.9 Å². The summed E-state index contributed by atoms with van der Waals surface area (Å²) in [6.45, 7) is 4.74. The predicted octanol–water partition coefficient (Wildman–Crippen LogP) is 0.865. The van der Waals surface area contributed by atoms with Gasteiger partial charge in [-0.05, 0) is 37.0 Å². The SMILES string of the molecule is CN=C(NCCc1cccc(C(=O)NC)c1)NC1CCN(CCOC)CC1. The first-order valence-electron chi connectivity index (χ1n) is 9.65. The number of carbonyl (C=O) groups is 1. The molecule has 1 amide bonds. The first kappa shape index (κ1) is 21.2.